The second-order valence-electron chi connectivity index (χ2n) is 6.36. The van der Waals surface area contributed by atoms with Crippen molar-refractivity contribution in [3.8, 4) is 5.75 Å². The Hall–Kier alpha value is -2.86. The summed E-state index contributed by atoms with van der Waals surface area (Å²) in [5.74, 6) is 0.829. The van der Waals surface area contributed by atoms with Crippen molar-refractivity contribution >= 4 is 5.69 Å². The predicted octanol–water partition coefficient (Wildman–Crippen LogP) is 3.18. The number of aryl methyl sites for hydroxylation is 1. The van der Waals surface area contributed by atoms with Gasteiger partial charge < -0.3 is 14.4 Å². The average Bonchev–Trinajstić information content (AvgIpc) is 3.32. The molecular formula is C20H22N4O2. The number of hydrogen-bond donors (Lipinski definition) is 0. The molecule has 1 aliphatic heterocycles. The lowest BCUT2D eigenvalue weighted by Gasteiger charge is -2.25. The molecule has 1 fully saturated rings. The molecule has 0 spiro atoms. The Balaban J connectivity index is 1.57. The van der Waals surface area contributed by atoms with Crippen LogP contribution in [0.1, 0.15) is 23.0 Å². The number of rotatable bonds is 5. The van der Waals surface area contributed by atoms with Crippen molar-refractivity contribution in [2.45, 2.75) is 19.7 Å². The largest absolute Gasteiger partial charge is 0.495 e. The van der Waals surface area contributed by atoms with Gasteiger partial charge in [0, 0.05) is 6.54 Å². The summed E-state index contributed by atoms with van der Waals surface area (Å²) in [7, 11) is 1.68. The molecule has 0 radical (unpaired) electrons. The van der Waals surface area contributed by atoms with Crippen LogP contribution in [0.5, 0.6) is 5.75 Å². The molecule has 6 heteroatoms. The van der Waals surface area contributed by atoms with Gasteiger partial charge in [0.05, 0.1) is 32.1 Å². The Kier molecular flexibility index (Phi) is 4.58. The van der Waals surface area contributed by atoms with E-state index in [1.807, 2.05) is 47.3 Å². The van der Waals surface area contributed by atoms with Gasteiger partial charge >= 0.3 is 0 Å². The van der Waals surface area contributed by atoms with Gasteiger partial charge in [-0.1, -0.05) is 41.6 Å². The van der Waals surface area contributed by atoms with Crippen molar-refractivity contribution in [3.63, 3.8) is 0 Å². The second kappa shape index (κ2) is 7.17. The summed E-state index contributed by atoms with van der Waals surface area (Å²) >= 11 is 0. The Morgan fingerprint density at radius 2 is 1.96 bits per heavy atom. The molecule has 1 aromatic heterocycles. The van der Waals surface area contributed by atoms with Crippen LogP contribution in [0.4, 0.5) is 5.69 Å². The molecule has 4 rings (SSSR count). The Labute approximate surface area is 153 Å². The third kappa shape index (κ3) is 3.15. The number of anilines is 1. The van der Waals surface area contributed by atoms with Crippen molar-refractivity contribution in [3.05, 3.63) is 71.5 Å². The van der Waals surface area contributed by atoms with E-state index < -0.39 is 0 Å². The zero-order valence-electron chi connectivity index (χ0n) is 15.0. The van der Waals surface area contributed by atoms with Crippen molar-refractivity contribution in [2.24, 2.45) is 0 Å². The van der Waals surface area contributed by atoms with Gasteiger partial charge in [0.2, 0.25) is 0 Å². The first kappa shape index (κ1) is 16.6. The minimum atomic E-state index is -0.253. The number of hydrogen-bond acceptors (Lipinski definition) is 5. The van der Waals surface area contributed by atoms with Gasteiger partial charge in [0.1, 0.15) is 11.4 Å². The van der Waals surface area contributed by atoms with Gasteiger partial charge in [-0.15, -0.1) is 5.10 Å². The quantitative estimate of drug-likeness (QED) is 0.707. The van der Waals surface area contributed by atoms with Crippen LogP contribution in [-0.2, 0) is 11.3 Å². The van der Waals surface area contributed by atoms with E-state index in [9.17, 15) is 0 Å². The van der Waals surface area contributed by atoms with E-state index in [0.717, 1.165) is 23.7 Å². The molecule has 3 aromatic rings. The molecule has 1 saturated heterocycles. The summed E-state index contributed by atoms with van der Waals surface area (Å²) in [5, 5.41) is 8.66. The molecule has 1 aliphatic rings. The highest BCUT2D eigenvalue weighted by Crippen LogP contribution is 2.36. The molecule has 0 N–H and O–H groups in total. The molecule has 26 heavy (non-hydrogen) atoms. The molecule has 0 bridgehead atoms. The monoisotopic (exact) mass is 350 g/mol. The molecular weight excluding hydrogens is 328 g/mol. The summed E-state index contributed by atoms with van der Waals surface area (Å²) in [6.07, 6.45) is 1.71. The van der Waals surface area contributed by atoms with Crippen LogP contribution >= 0.6 is 0 Å². The zero-order chi connectivity index (χ0) is 17.9. The highest BCUT2D eigenvalue weighted by Gasteiger charge is 2.31. The van der Waals surface area contributed by atoms with E-state index >= 15 is 0 Å². The minimum Gasteiger partial charge on any atom is -0.495 e. The topological polar surface area (TPSA) is 52.4 Å². The fourth-order valence-electron chi connectivity index (χ4n) is 3.29. The summed E-state index contributed by atoms with van der Waals surface area (Å²) < 4.78 is 13.3. The number of benzene rings is 2. The summed E-state index contributed by atoms with van der Waals surface area (Å²) in [5.41, 5.74) is 4.29. The second-order valence-corrected chi connectivity index (χ2v) is 6.36. The number of para-hydroxylation sites is 2. The van der Waals surface area contributed by atoms with Gasteiger partial charge in [0.15, 0.2) is 6.23 Å². The Morgan fingerprint density at radius 1 is 1.15 bits per heavy atom. The van der Waals surface area contributed by atoms with Crippen LogP contribution < -0.4 is 9.64 Å². The smallest absolute Gasteiger partial charge is 0.177 e. The lowest BCUT2D eigenvalue weighted by atomic mass is 10.1. The fourth-order valence-corrected chi connectivity index (χ4v) is 3.29. The standard InChI is InChI=1S/C20H22N4O2/c1-15-7-3-4-8-16(15)13-23-14-17(21-22-23)20-24(11-12-26-20)18-9-5-6-10-19(18)25-2/h3-10,14,20H,11-13H2,1-2H3. The first-order valence-electron chi connectivity index (χ1n) is 8.72. The van der Waals surface area contributed by atoms with Crippen molar-refractivity contribution in [1.29, 1.82) is 0 Å². The normalized spacial score (nSPS) is 16.8. The molecule has 0 aliphatic carbocycles. The maximum Gasteiger partial charge on any atom is 0.177 e. The van der Waals surface area contributed by atoms with Crippen LogP contribution in [0.25, 0.3) is 0 Å². The molecule has 1 unspecified atom stereocenters. The molecule has 0 amide bonds. The maximum atomic E-state index is 5.95. The first-order chi connectivity index (χ1) is 12.8. The lowest BCUT2D eigenvalue weighted by Crippen LogP contribution is -2.24. The summed E-state index contributed by atoms with van der Waals surface area (Å²) in [4.78, 5) is 2.17. The van der Waals surface area contributed by atoms with E-state index in [2.05, 4.69) is 34.3 Å². The highest BCUT2D eigenvalue weighted by molar-refractivity contribution is 5.59. The van der Waals surface area contributed by atoms with E-state index in [1.165, 1.54) is 11.1 Å². The third-order valence-electron chi connectivity index (χ3n) is 4.69. The van der Waals surface area contributed by atoms with Gasteiger partial charge in [-0.2, -0.15) is 0 Å². The highest BCUT2D eigenvalue weighted by atomic mass is 16.5. The SMILES string of the molecule is COc1ccccc1N1CCOC1c1cn(Cc2ccccc2C)nn1. The van der Waals surface area contributed by atoms with Crippen LogP contribution in [0.15, 0.2) is 54.7 Å². The van der Waals surface area contributed by atoms with Gasteiger partial charge in [-0.3, -0.25) is 0 Å². The Morgan fingerprint density at radius 3 is 2.81 bits per heavy atom. The molecule has 2 aromatic carbocycles. The first-order valence-corrected chi connectivity index (χ1v) is 8.72. The van der Waals surface area contributed by atoms with Crippen molar-refractivity contribution in [2.75, 3.05) is 25.2 Å². The van der Waals surface area contributed by atoms with Crippen LogP contribution in [0.2, 0.25) is 0 Å². The predicted molar refractivity (Wildman–Crippen MR) is 99.3 cm³/mol. The number of methoxy groups -OCH3 is 1. The summed E-state index contributed by atoms with van der Waals surface area (Å²) in [6.45, 7) is 4.24. The van der Waals surface area contributed by atoms with E-state index in [-0.39, 0.29) is 6.23 Å². The lowest BCUT2D eigenvalue weighted by molar-refractivity contribution is 0.110. The zero-order valence-corrected chi connectivity index (χ0v) is 15.0. The van der Waals surface area contributed by atoms with Crippen molar-refractivity contribution in [1.82, 2.24) is 15.0 Å². The molecule has 6 nitrogen and oxygen atoms in total. The van der Waals surface area contributed by atoms with E-state index in [0.29, 0.717) is 13.2 Å². The fraction of sp³-hybridized carbons (Fsp3) is 0.300. The summed E-state index contributed by atoms with van der Waals surface area (Å²) in [6, 6.07) is 16.3. The average molecular weight is 350 g/mol. The van der Waals surface area contributed by atoms with Gasteiger partial charge in [0.25, 0.3) is 0 Å². The van der Waals surface area contributed by atoms with Gasteiger partial charge in [-0.05, 0) is 30.2 Å². The van der Waals surface area contributed by atoms with Crippen LogP contribution in [-0.4, -0.2) is 35.3 Å². The third-order valence-corrected chi connectivity index (χ3v) is 4.69. The Bertz CT molecular complexity index is 893. The van der Waals surface area contributed by atoms with Gasteiger partial charge in [-0.25, -0.2) is 4.68 Å². The number of aromatic nitrogens is 3. The van der Waals surface area contributed by atoms with Crippen molar-refractivity contribution < 1.29 is 9.47 Å². The van der Waals surface area contributed by atoms with Crippen LogP contribution in [0.3, 0.4) is 0 Å². The van der Waals surface area contributed by atoms with E-state index in [1.54, 1.807) is 7.11 Å². The number of ether oxygens (including phenoxy) is 2. The number of nitrogens with zero attached hydrogens (tertiary/aromatic N) is 4. The maximum absolute atomic E-state index is 5.95. The van der Waals surface area contributed by atoms with E-state index in [4.69, 9.17) is 9.47 Å². The molecule has 1 atom stereocenters. The molecule has 0 saturated carbocycles. The minimum absolute atomic E-state index is 0.253. The molecule has 134 valence electrons. The molecule has 2 heterocycles. The van der Waals surface area contributed by atoms with Crippen LogP contribution in [0, 0.1) is 6.92 Å².